The van der Waals surface area contributed by atoms with Crippen LogP contribution in [0.5, 0.6) is 5.75 Å². The van der Waals surface area contributed by atoms with Gasteiger partial charge in [0, 0.05) is 31.2 Å². The van der Waals surface area contributed by atoms with Gasteiger partial charge in [-0.3, -0.25) is 4.79 Å². The van der Waals surface area contributed by atoms with Crippen molar-refractivity contribution in [2.45, 2.75) is 18.7 Å². The van der Waals surface area contributed by atoms with Gasteiger partial charge in [-0.15, -0.1) is 0 Å². The Morgan fingerprint density at radius 1 is 1.14 bits per heavy atom. The van der Waals surface area contributed by atoms with E-state index in [-0.39, 0.29) is 28.4 Å². The second kappa shape index (κ2) is 7.91. The van der Waals surface area contributed by atoms with Crippen molar-refractivity contribution in [2.75, 3.05) is 26.0 Å². The van der Waals surface area contributed by atoms with E-state index in [4.69, 9.17) is 4.74 Å². The second-order valence-electron chi connectivity index (χ2n) is 7.52. The molecule has 5 nitrogen and oxygen atoms in total. The molecular formula is C21H24FNO4S. The molecule has 1 aliphatic rings. The van der Waals surface area contributed by atoms with Crippen LogP contribution >= 0.6 is 0 Å². The molecule has 1 fully saturated rings. The molecule has 0 atom stereocenters. The Morgan fingerprint density at radius 2 is 1.75 bits per heavy atom. The summed E-state index contributed by atoms with van der Waals surface area (Å²) in [5.74, 6) is 0.0293. The molecule has 0 bridgehead atoms. The minimum Gasteiger partial charge on any atom is -0.490 e. The molecule has 2 aromatic rings. The first-order chi connectivity index (χ1) is 13.1. The average molecular weight is 405 g/mol. The number of halogens is 1. The van der Waals surface area contributed by atoms with Gasteiger partial charge in [0.05, 0.1) is 11.5 Å². The number of hydrogen-bond acceptors (Lipinski definition) is 4. The Morgan fingerprint density at radius 3 is 2.29 bits per heavy atom. The summed E-state index contributed by atoms with van der Waals surface area (Å²) in [5.41, 5.74) is 1.36. The van der Waals surface area contributed by atoms with Gasteiger partial charge in [0.25, 0.3) is 0 Å². The SMILES string of the molecule is CC(C)C(=O)N1CC(COc2ccc(-c3ccc(S(C)(=O)=O)cc3)cc2F)C1. The minimum atomic E-state index is -3.26. The predicted molar refractivity (Wildman–Crippen MR) is 105 cm³/mol. The average Bonchev–Trinajstić information content (AvgIpc) is 2.60. The number of rotatable bonds is 6. The van der Waals surface area contributed by atoms with Crippen molar-refractivity contribution < 1.29 is 22.3 Å². The van der Waals surface area contributed by atoms with Crippen molar-refractivity contribution in [1.29, 1.82) is 0 Å². The third-order valence-corrected chi connectivity index (χ3v) is 5.91. The standard InChI is InChI=1S/C21H24FNO4S/c1-14(2)21(24)23-11-15(12-23)13-27-20-9-6-17(10-19(20)22)16-4-7-18(8-5-16)28(3,25)26/h4-10,14-15H,11-13H2,1-3H3. The summed E-state index contributed by atoms with van der Waals surface area (Å²) >= 11 is 0. The molecule has 1 amide bonds. The molecule has 2 aromatic carbocycles. The fourth-order valence-corrected chi connectivity index (χ4v) is 3.75. The largest absolute Gasteiger partial charge is 0.490 e. The number of sulfone groups is 1. The second-order valence-corrected chi connectivity index (χ2v) is 9.53. The van der Waals surface area contributed by atoms with Crippen LogP contribution < -0.4 is 4.74 Å². The van der Waals surface area contributed by atoms with Crippen LogP contribution in [0.15, 0.2) is 47.4 Å². The van der Waals surface area contributed by atoms with Gasteiger partial charge in [0.2, 0.25) is 5.91 Å². The van der Waals surface area contributed by atoms with Crippen molar-refractivity contribution in [2.24, 2.45) is 11.8 Å². The van der Waals surface area contributed by atoms with Gasteiger partial charge >= 0.3 is 0 Å². The van der Waals surface area contributed by atoms with E-state index in [1.54, 1.807) is 29.2 Å². The molecule has 28 heavy (non-hydrogen) atoms. The van der Waals surface area contributed by atoms with Gasteiger partial charge in [-0.25, -0.2) is 12.8 Å². The summed E-state index contributed by atoms with van der Waals surface area (Å²) in [5, 5.41) is 0. The van der Waals surface area contributed by atoms with Crippen LogP contribution in [0.2, 0.25) is 0 Å². The number of nitrogens with zero attached hydrogens (tertiary/aromatic N) is 1. The lowest BCUT2D eigenvalue weighted by atomic mass is 9.99. The fraction of sp³-hybridized carbons (Fsp3) is 0.381. The molecule has 1 saturated heterocycles. The van der Waals surface area contributed by atoms with Crippen LogP contribution in [-0.2, 0) is 14.6 Å². The number of hydrogen-bond donors (Lipinski definition) is 0. The highest BCUT2D eigenvalue weighted by Crippen LogP contribution is 2.28. The number of carbonyl (C=O) groups is 1. The molecule has 150 valence electrons. The Bertz CT molecular complexity index is 964. The zero-order valence-corrected chi connectivity index (χ0v) is 17.0. The van der Waals surface area contributed by atoms with E-state index in [1.165, 1.54) is 18.2 Å². The van der Waals surface area contributed by atoms with Gasteiger partial charge in [-0.1, -0.05) is 32.0 Å². The van der Waals surface area contributed by atoms with Gasteiger partial charge in [-0.05, 0) is 35.4 Å². The van der Waals surface area contributed by atoms with E-state index in [2.05, 4.69) is 0 Å². The quantitative estimate of drug-likeness (QED) is 0.739. The van der Waals surface area contributed by atoms with Crippen LogP contribution in [0.25, 0.3) is 11.1 Å². The molecule has 0 aromatic heterocycles. The maximum Gasteiger partial charge on any atom is 0.225 e. The van der Waals surface area contributed by atoms with Crippen molar-refractivity contribution in [3.05, 3.63) is 48.3 Å². The first kappa shape index (κ1) is 20.3. The Labute approximate surface area is 165 Å². The first-order valence-electron chi connectivity index (χ1n) is 9.17. The lowest BCUT2D eigenvalue weighted by molar-refractivity contribution is -0.141. The summed E-state index contributed by atoms with van der Waals surface area (Å²) in [4.78, 5) is 13.9. The van der Waals surface area contributed by atoms with Gasteiger partial charge in [0.1, 0.15) is 0 Å². The predicted octanol–water partition coefficient (Wildman–Crippen LogP) is 3.39. The van der Waals surface area contributed by atoms with Crippen LogP contribution in [0.3, 0.4) is 0 Å². The van der Waals surface area contributed by atoms with E-state index in [0.717, 1.165) is 11.8 Å². The third-order valence-electron chi connectivity index (χ3n) is 4.78. The molecular weight excluding hydrogens is 381 g/mol. The molecule has 3 rings (SSSR count). The van der Waals surface area contributed by atoms with E-state index in [1.807, 2.05) is 13.8 Å². The van der Waals surface area contributed by atoms with Crippen molar-refractivity contribution in [3.8, 4) is 16.9 Å². The van der Waals surface area contributed by atoms with E-state index in [9.17, 15) is 17.6 Å². The molecule has 0 spiro atoms. The normalized spacial score (nSPS) is 14.8. The molecule has 0 saturated carbocycles. The van der Waals surface area contributed by atoms with E-state index in [0.29, 0.717) is 25.3 Å². The Balaban J connectivity index is 1.60. The zero-order chi connectivity index (χ0) is 20.5. The Kier molecular flexibility index (Phi) is 5.74. The van der Waals surface area contributed by atoms with Crippen LogP contribution in [0.1, 0.15) is 13.8 Å². The van der Waals surface area contributed by atoms with Crippen molar-refractivity contribution in [1.82, 2.24) is 4.90 Å². The lowest BCUT2D eigenvalue weighted by Gasteiger charge is -2.40. The highest BCUT2D eigenvalue weighted by Gasteiger charge is 2.32. The molecule has 0 aliphatic carbocycles. The zero-order valence-electron chi connectivity index (χ0n) is 16.2. The maximum absolute atomic E-state index is 14.4. The van der Waals surface area contributed by atoms with Crippen LogP contribution in [0, 0.1) is 17.7 Å². The van der Waals surface area contributed by atoms with Crippen molar-refractivity contribution in [3.63, 3.8) is 0 Å². The van der Waals surface area contributed by atoms with Gasteiger partial charge in [0.15, 0.2) is 21.4 Å². The summed E-state index contributed by atoms with van der Waals surface area (Å²) in [6.07, 6.45) is 1.15. The number of amides is 1. The highest BCUT2D eigenvalue weighted by atomic mass is 32.2. The number of likely N-dealkylation sites (tertiary alicyclic amines) is 1. The van der Waals surface area contributed by atoms with Crippen molar-refractivity contribution >= 4 is 15.7 Å². The fourth-order valence-electron chi connectivity index (χ4n) is 3.12. The van der Waals surface area contributed by atoms with E-state index < -0.39 is 15.7 Å². The highest BCUT2D eigenvalue weighted by molar-refractivity contribution is 7.90. The van der Waals surface area contributed by atoms with E-state index >= 15 is 0 Å². The summed E-state index contributed by atoms with van der Waals surface area (Å²) < 4.78 is 43.1. The van der Waals surface area contributed by atoms with Gasteiger partial charge < -0.3 is 9.64 Å². The molecule has 0 radical (unpaired) electrons. The first-order valence-corrected chi connectivity index (χ1v) is 11.1. The topological polar surface area (TPSA) is 63.7 Å². The molecule has 0 N–H and O–H groups in total. The third kappa shape index (κ3) is 4.52. The molecule has 1 aliphatic heterocycles. The maximum atomic E-state index is 14.4. The monoisotopic (exact) mass is 405 g/mol. The number of carbonyl (C=O) groups excluding carboxylic acids is 1. The summed E-state index contributed by atoms with van der Waals surface area (Å²) in [6, 6.07) is 11.0. The van der Waals surface area contributed by atoms with Crippen LogP contribution in [0.4, 0.5) is 4.39 Å². The molecule has 0 unspecified atom stereocenters. The number of ether oxygens (including phenoxy) is 1. The van der Waals surface area contributed by atoms with Crippen LogP contribution in [-0.4, -0.2) is 45.2 Å². The number of benzene rings is 2. The van der Waals surface area contributed by atoms with Gasteiger partial charge in [-0.2, -0.15) is 0 Å². The minimum absolute atomic E-state index is 0.0154. The molecule has 1 heterocycles. The molecule has 7 heteroatoms. The summed E-state index contributed by atoms with van der Waals surface area (Å²) in [7, 11) is -3.26. The smallest absolute Gasteiger partial charge is 0.225 e. The summed E-state index contributed by atoms with van der Waals surface area (Å²) in [6.45, 7) is 5.39. The Hall–Kier alpha value is -2.41. The lowest BCUT2D eigenvalue weighted by Crippen LogP contribution is -2.53.